The van der Waals surface area contributed by atoms with E-state index in [0.717, 1.165) is 6.42 Å². The molecule has 0 spiro atoms. The molecule has 4 rings (SSSR count). The van der Waals surface area contributed by atoms with Gasteiger partial charge in [0, 0.05) is 26.1 Å². The van der Waals surface area contributed by atoms with Gasteiger partial charge in [-0.05, 0) is 43.5 Å². The van der Waals surface area contributed by atoms with Crippen molar-refractivity contribution in [2.45, 2.75) is 30.6 Å². The van der Waals surface area contributed by atoms with Crippen LogP contribution in [0.5, 0.6) is 0 Å². The van der Waals surface area contributed by atoms with Gasteiger partial charge in [-0.3, -0.25) is 9.59 Å². The van der Waals surface area contributed by atoms with Crippen LogP contribution in [0.2, 0.25) is 0 Å². The van der Waals surface area contributed by atoms with Crippen molar-refractivity contribution < 1.29 is 18.0 Å². The topological polar surface area (TPSA) is 86.8 Å². The first-order valence-electron chi connectivity index (χ1n) is 10.2. The Morgan fingerprint density at radius 1 is 0.967 bits per heavy atom. The zero-order valence-electron chi connectivity index (χ0n) is 16.7. The van der Waals surface area contributed by atoms with Gasteiger partial charge >= 0.3 is 0 Å². The highest BCUT2D eigenvalue weighted by atomic mass is 32.2. The van der Waals surface area contributed by atoms with Gasteiger partial charge in [0.2, 0.25) is 21.8 Å². The molecular weight excluding hydrogens is 402 g/mol. The Bertz CT molecular complexity index is 1040. The standard InChI is InChI=1S/C22H25N3O4S/c26-21-13-7-15-25(21)20-12-5-4-11-19(20)23-22(27)17-8-6-14-24(16-17)30(28,29)18-9-2-1-3-10-18/h1-5,9-12,17H,6-8,13-16H2,(H,23,27). The molecule has 2 aliphatic heterocycles. The van der Waals surface area contributed by atoms with E-state index in [9.17, 15) is 18.0 Å². The second-order valence-electron chi connectivity index (χ2n) is 7.67. The Balaban J connectivity index is 1.49. The summed E-state index contributed by atoms with van der Waals surface area (Å²) in [6, 6.07) is 15.6. The molecule has 2 aromatic rings. The molecule has 0 aromatic heterocycles. The number of nitrogens with one attached hydrogen (secondary N) is 1. The lowest BCUT2D eigenvalue weighted by molar-refractivity contribution is -0.121. The average molecular weight is 428 g/mol. The molecule has 1 unspecified atom stereocenters. The number of amides is 2. The smallest absolute Gasteiger partial charge is 0.243 e. The van der Waals surface area contributed by atoms with Gasteiger partial charge in [0.25, 0.3) is 0 Å². The van der Waals surface area contributed by atoms with E-state index >= 15 is 0 Å². The number of benzene rings is 2. The summed E-state index contributed by atoms with van der Waals surface area (Å²) < 4.78 is 27.3. The molecule has 2 aliphatic rings. The third kappa shape index (κ3) is 4.11. The van der Waals surface area contributed by atoms with Crippen molar-refractivity contribution in [3.05, 3.63) is 54.6 Å². The van der Waals surface area contributed by atoms with Crippen LogP contribution in [-0.4, -0.2) is 44.2 Å². The van der Waals surface area contributed by atoms with Crippen LogP contribution in [0.3, 0.4) is 0 Å². The van der Waals surface area contributed by atoms with Crippen molar-refractivity contribution in [1.29, 1.82) is 0 Å². The molecule has 2 saturated heterocycles. The molecule has 0 radical (unpaired) electrons. The summed E-state index contributed by atoms with van der Waals surface area (Å²) in [6.45, 7) is 1.19. The van der Waals surface area contributed by atoms with Crippen LogP contribution < -0.4 is 10.2 Å². The number of rotatable bonds is 5. The molecule has 2 fully saturated rings. The van der Waals surface area contributed by atoms with Crippen LogP contribution in [0.25, 0.3) is 0 Å². The maximum Gasteiger partial charge on any atom is 0.243 e. The van der Waals surface area contributed by atoms with Crippen molar-refractivity contribution in [1.82, 2.24) is 4.31 Å². The van der Waals surface area contributed by atoms with Gasteiger partial charge in [0.1, 0.15) is 0 Å². The number of para-hydroxylation sites is 2. The molecule has 1 N–H and O–H groups in total. The number of sulfonamides is 1. The third-order valence-electron chi connectivity index (χ3n) is 5.66. The predicted molar refractivity (Wildman–Crippen MR) is 115 cm³/mol. The van der Waals surface area contributed by atoms with Crippen molar-refractivity contribution >= 4 is 33.2 Å². The van der Waals surface area contributed by atoms with E-state index in [1.807, 2.05) is 18.2 Å². The molecule has 158 valence electrons. The van der Waals surface area contributed by atoms with E-state index in [0.29, 0.717) is 43.7 Å². The molecule has 0 saturated carbocycles. The lowest BCUT2D eigenvalue weighted by atomic mass is 9.98. The molecule has 1 atom stereocenters. The monoisotopic (exact) mass is 427 g/mol. The average Bonchev–Trinajstić information content (AvgIpc) is 3.20. The summed E-state index contributed by atoms with van der Waals surface area (Å²) in [7, 11) is -3.63. The quantitative estimate of drug-likeness (QED) is 0.795. The molecule has 0 bridgehead atoms. The maximum atomic E-state index is 13.0. The fourth-order valence-electron chi connectivity index (χ4n) is 4.07. The van der Waals surface area contributed by atoms with E-state index in [1.54, 1.807) is 41.3 Å². The first-order valence-corrected chi connectivity index (χ1v) is 11.7. The van der Waals surface area contributed by atoms with Crippen molar-refractivity contribution in [2.75, 3.05) is 29.9 Å². The number of piperidine rings is 1. The van der Waals surface area contributed by atoms with Gasteiger partial charge in [-0.25, -0.2) is 8.42 Å². The van der Waals surface area contributed by atoms with Crippen LogP contribution in [0.4, 0.5) is 11.4 Å². The Labute approximate surface area is 176 Å². The van der Waals surface area contributed by atoms with Crippen molar-refractivity contribution in [2.24, 2.45) is 5.92 Å². The molecule has 8 heteroatoms. The van der Waals surface area contributed by atoms with Gasteiger partial charge < -0.3 is 10.2 Å². The summed E-state index contributed by atoms with van der Waals surface area (Å²) in [5.74, 6) is -0.615. The van der Waals surface area contributed by atoms with E-state index < -0.39 is 15.9 Å². The Morgan fingerprint density at radius 2 is 1.70 bits per heavy atom. The second kappa shape index (κ2) is 8.57. The summed E-state index contributed by atoms with van der Waals surface area (Å²) in [6.07, 6.45) is 2.56. The van der Waals surface area contributed by atoms with E-state index in [-0.39, 0.29) is 23.3 Å². The normalized spacial score (nSPS) is 20.3. The van der Waals surface area contributed by atoms with Crippen LogP contribution in [0.15, 0.2) is 59.5 Å². The zero-order valence-corrected chi connectivity index (χ0v) is 17.5. The molecule has 2 amide bonds. The molecule has 2 heterocycles. The van der Waals surface area contributed by atoms with Gasteiger partial charge in [-0.1, -0.05) is 30.3 Å². The second-order valence-corrected chi connectivity index (χ2v) is 9.61. The van der Waals surface area contributed by atoms with Crippen LogP contribution in [0.1, 0.15) is 25.7 Å². The third-order valence-corrected chi connectivity index (χ3v) is 7.54. The fraction of sp³-hybridized carbons (Fsp3) is 0.364. The number of carbonyl (C=O) groups is 2. The predicted octanol–water partition coefficient (Wildman–Crippen LogP) is 2.85. The van der Waals surface area contributed by atoms with E-state index in [2.05, 4.69) is 5.32 Å². The Hall–Kier alpha value is -2.71. The number of hydrogen-bond donors (Lipinski definition) is 1. The molecule has 0 aliphatic carbocycles. The van der Waals surface area contributed by atoms with Gasteiger partial charge in [-0.2, -0.15) is 4.31 Å². The van der Waals surface area contributed by atoms with Crippen molar-refractivity contribution in [3.63, 3.8) is 0 Å². The highest BCUT2D eigenvalue weighted by Crippen LogP contribution is 2.31. The van der Waals surface area contributed by atoms with E-state index in [1.165, 1.54) is 4.31 Å². The number of carbonyl (C=O) groups excluding carboxylic acids is 2. The summed E-state index contributed by atoms with van der Waals surface area (Å²) in [5, 5.41) is 2.94. The fourth-order valence-corrected chi connectivity index (χ4v) is 5.61. The largest absolute Gasteiger partial charge is 0.324 e. The van der Waals surface area contributed by atoms with Gasteiger partial charge in [-0.15, -0.1) is 0 Å². The van der Waals surface area contributed by atoms with Crippen LogP contribution in [0, 0.1) is 5.92 Å². The van der Waals surface area contributed by atoms with Crippen LogP contribution in [-0.2, 0) is 19.6 Å². The van der Waals surface area contributed by atoms with Crippen LogP contribution >= 0.6 is 0 Å². The molecule has 7 nitrogen and oxygen atoms in total. The number of hydrogen-bond acceptors (Lipinski definition) is 4. The molecule has 2 aromatic carbocycles. The van der Waals surface area contributed by atoms with E-state index in [4.69, 9.17) is 0 Å². The SMILES string of the molecule is O=C(Nc1ccccc1N1CCCC1=O)C1CCCN(S(=O)(=O)c2ccccc2)C1. The first kappa shape index (κ1) is 20.6. The summed E-state index contributed by atoms with van der Waals surface area (Å²) in [4.78, 5) is 27.1. The summed E-state index contributed by atoms with van der Waals surface area (Å²) in [5.41, 5.74) is 1.28. The lowest BCUT2D eigenvalue weighted by Crippen LogP contribution is -2.43. The number of anilines is 2. The Kier molecular flexibility index (Phi) is 5.87. The van der Waals surface area contributed by atoms with Crippen molar-refractivity contribution in [3.8, 4) is 0 Å². The molecule has 30 heavy (non-hydrogen) atoms. The maximum absolute atomic E-state index is 13.0. The first-order chi connectivity index (χ1) is 14.5. The highest BCUT2D eigenvalue weighted by Gasteiger charge is 2.34. The van der Waals surface area contributed by atoms with Gasteiger partial charge in [0.15, 0.2) is 0 Å². The Morgan fingerprint density at radius 3 is 2.43 bits per heavy atom. The number of nitrogens with zero attached hydrogens (tertiary/aromatic N) is 2. The lowest BCUT2D eigenvalue weighted by Gasteiger charge is -2.31. The zero-order chi connectivity index (χ0) is 21.1. The minimum absolute atomic E-state index is 0.0505. The highest BCUT2D eigenvalue weighted by molar-refractivity contribution is 7.89. The minimum atomic E-state index is -3.63. The summed E-state index contributed by atoms with van der Waals surface area (Å²) >= 11 is 0. The van der Waals surface area contributed by atoms with Gasteiger partial charge in [0.05, 0.1) is 22.2 Å². The minimum Gasteiger partial charge on any atom is -0.324 e. The molecular formula is C22H25N3O4S.